The molecule has 2 aromatic rings. The molecule has 1 amide bonds. The maximum absolute atomic E-state index is 12.3. The number of carbonyl (C=O) groups is 1. The van der Waals surface area contributed by atoms with Gasteiger partial charge in [-0.15, -0.1) is 0 Å². The van der Waals surface area contributed by atoms with Gasteiger partial charge >= 0.3 is 0 Å². The van der Waals surface area contributed by atoms with E-state index in [2.05, 4.69) is 34.2 Å². The lowest BCUT2D eigenvalue weighted by molar-refractivity contribution is -0.123. The number of imidazole rings is 1. The van der Waals surface area contributed by atoms with E-state index in [0.717, 1.165) is 17.5 Å². The van der Waals surface area contributed by atoms with Gasteiger partial charge in [-0.25, -0.2) is 14.6 Å². The smallest absolute Gasteiger partial charge is 0.242 e. The Bertz CT molecular complexity index is 642. The van der Waals surface area contributed by atoms with Crippen LogP contribution in [-0.2, 0) is 11.3 Å². The third-order valence-electron chi connectivity index (χ3n) is 3.60. The van der Waals surface area contributed by atoms with Crippen molar-refractivity contribution >= 4 is 5.91 Å². The minimum Gasteiger partial charge on any atom is -0.352 e. The fraction of sp³-hybridized carbons (Fsp3) is 0.600. The summed E-state index contributed by atoms with van der Waals surface area (Å²) in [5.41, 5.74) is 0. The fourth-order valence-corrected chi connectivity index (χ4v) is 2.43. The molecule has 0 radical (unpaired) electrons. The second kappa shape index (κ2) is 6.72. The molecule has 22 heavy (non-hydrogen) atoms. The van der Waals surface area contributed by atoms with Crippen LogP contribution in [0, 0.1) is 13.8 Å². The molecule has 2 heterocycles. The maximum Gasteiger partial charge on any atom is 0.242 e. The van der Waals surface area contributed by atoms with Gasteiger partial charge in [-0.2, -0.15) is 5.10 Å². The molecule has 0 spiro atoms. The molecule has 0 bridgehead atoms. The quantitative estimate of drug-likeness (QED) is 0.879. The Hall–Kier alpha value is -2.18. The SMILES string of the molecule is Cc1nc(C)n(CCNC(=O)[C@@H](C)n2ccnc2C(C)C)n1. The Kier molecular flexibility index (Phi) is 4.95. The van der Waals surface area contributed by atoms with Crippen LogP contribution in [0.4, 0.5) is 0 Å². The maximum atomic E-state index is 12.3. The summed E-state index contributed by atoms with van der Waals surface area (Å²) in [6, 6.07) is -0.279. The second-order valence-electron chi connectivity index (χ2n) is 5.74. The molecule has 1 N–H and O–H groups in total. The molecular formula is C15H24N6O. The van der Waals surface area contributed by atoms with Gasteiger partial charge in [-0.1, -0.05) is 13.8 Å². The molecule has 7 heteroatoms. The molecule has 0 aliphatic rings. The lowest BCUT2D eigenvalue weighted by atomic mass is 10.2. The number of carbonyl (C=O) groups excluding carboxylic acids is 1. The van der Waals surface area contributed by atoms with Gasteiger partial charge < -0.3 is 9.88 Å². The highest BCUT2D eigenvalue weighted by Gasteiger charge is 2.18. The molecule has 0 unspecified atom stereocenters. The van der Waals surface area contributed by atoms with Crippen molar-refractivity contribution in [1.29, 1.82) is 0 Å². The molecule has 2 rings (SSSR count). The third kappa shape index (κ3) is 3.52. The third-order valence-corrected chi connectivity index (χ3v) is 3.60. The van der Waals surface area contributed by atoms with E-state index in [9.17, 15) is 4.79 Å². The van der Waals surface area contributed by atoms with Crippen molar-refractivity contribution < 1.29 is 4.79 Å². The van der Waals surface area contributed by atoms with Crippen LogP contribution in [0.3, 0.4) is 0 Å². The van der Waals surface area contributed by atoms with Gasteiger partial charge in [0.1, 0.15) is 23.5 Å². The highest BCUT2D eigenvalue weighted by atomic mass is 16.2. The van der Waals surface area contributed by atoms with E-state index in [1.165, 1.54) is 0 Å². The van der Waals surface area contributed by atoms with Crippen LogP contribution in [-0.4, -0.2) is 36.8 Å². The van der Waals surface area contributed by atoms with E-state index in [4.69, 9.17) is 0 Å². The highest BCUT2D eigenvalue weighted by Crippen LogP contribution is 2.17. The Morgan fingerprint density at radius 1 is 1.32 bits per heavy atom. The van der Waals surface area contributed by atoms with E-state index in [0.29, 0.717) is 13.1 Å². The van der Waals surface area contributed by atoms with Crippen LogP contribution in [0.25, 0.3) is 0 Å². The number of rotatable bonds is 6. The van der Waals surface area contributed by atoms with Crippen molar-refractivity contribution in [1.82, 2.24) is 29.6 Å². The first-order valence-electron chi connectivity index (χ1n) is 7.58. The summed E-state index contributed by atoms with van der Waals surface area (Å²) < 4.78 is 3.72. The zero-order chi connectivity index (χ0) is 16.3. The molecule has 2 aromatic heterocycles. The minimum atomic E-state index is -0.279. The predicted octanol–water partition coefficient (Wildman–Crippen LogP) is 1.59. The first-order chi connectivity index (χ1) is 10.4. The van der Waals surface area contributed by atoms with Crippen molar-refractivity contribution in [3.05, 3.63) is 29.9 Å². The largest absolute Gasteiger partial charge is 0.352 e. The topological polar surface area (TPSA) is 77.6 Å². The minimum absolute atomic E-state index is 0.0191. The van der Waals surface area contributed by atoms with E-state index >= 15 is 0 Å². The number of aromatic nitrogens is 5. The molecule has 0 saturated carbocycles. The van der Waals surface area contributed by atoms with Gasteiger partial charge in [0.25, 0.3) is 0 Å². The van der Waals surface area contributed by atoms with E-state index in [-0.39, 0.29) is 17.9 Å². The molecule has 0 aliphatic heterocycles. The number of nitrogens with one attached hydrogen (secondary N) is 1. The molecule has 0 aliphatic carbocycles. The molecule has 0 aromatic carbocycles. The Morgan fingerprint density at radius 2 is 2.05 bits per heavy atom. The lowest BCUT2D eigenvalue weighted by Gasteiger charge is -2.17. The molecule has 7 nitrogen and oxygen atoms in total. The monoisotopic (exact) mass is 304 g/mol. The summed E-state index contributed by atoms with van der Waals surface area (Å²) in [6.07, 6.45) is 3.59. The standard InChI is InChI=1S/C15H24N6O/c1-10(2)14-16-6-8-20(14)11(3)15(22)17-7-9-21-13(5)18-12(4)19-21/h6,8,10-11H,7,9H2,1-5H3,(H,17,22)/t11-/m1/s1. The van der Waals surface area contributed by atoms with Gasteiger partial charge in [0.2, 0.25) is 5.91 Å². The summed E-state index contributed by atoms with van der Waals surface area (Å²) in [5.74, 6) is 2.79. The van der Waals surface area contributed by atoms with Crippen molar-refractivity contribution in [3.63, 3.8) is 0 Å². The molecular weight excluding hydrogens is 280 g/mol. The molecule has 0 saturated heterocycles. The Labute approximate surface area is 130 Å². The summed E-state index contributed by atoms with van der Waals surface area (Å²) in [5, 5.41) is 7.22. The molecule has 0 fully saturated rings. The van der Waals surface area contributed by atoms with Crippen LogP contribution in [0.1, 0.15) is 50.2 Å². The summed E-state index contributed by atoms with van der Waals surface area (Å²) in [4.78, 5) is 20.9. The van der Waals surface area contributed by atoms with E-state index < -0.39 is 0 Å². The number of nitrogens with zero attached hydrogens (tertiary/aromatic N) is 5. The van der Waals surface area contributed by atoms with Crippen molar-refractivity contribution in [3.8, 4) is 0 Å². The summed E-state index contributed by atoms with van der Waals surface area (Å²) in [7, 11) is 0. The lowest BCUT2D eigenvalue weighted by Crippen LogP contribution is -2.34. The average molecular weight is 304 g/mol. The zero-order valence-corrected chi connectivity index (χ0v) is 13.9. The normalized spacial score (nSPS) is 12.6. The fourth-order valence-electron chi connectivity index (χ4n) is 2.43. The van der Waals surface area contributed by atoms with Crippen LogP contribution in [0.2, 0.25) is 0 Å². The summed E-state index contributed by atoms with van der Waals surface area (Å²) >= 11 is 0. The van der Waals surface area contributed by atoms with Crippen molar-refractivity contribution in [2.45, 2.75) is 53.1 Å². The number of amides is 1. The predicted molar refractivity (Wildman–Crippen MR) is 83.5 cm³/mol. The van der Waals surface area contributed by atoms with Crippen LogP contribution < -0.4 is 5.32 Å². The van der Waals surface area contributed by atoms with Crippen molar-refractivity contribution in [2.24, 2.45) is 0 Å². The first kappa shape index (κ1) is 16.2. The average Bonchev–Trinajstić information content (AvgIpc) is 3.05. The van der Waals surface area contributed by atoms with Gasteiger partial charge in [-0.3, -0.25) is 4.79 Å². The molecule has 1 atom stereocenters. The van der Waals surface area contributed by atoms with Crippen LogP contribution in [0.5, 0.6) is 0 Å². The number of aryl methyl sites for hydroxylation is 2. The van der Waals surface area contributed by atoms with Gasteiger partial charge in [0, 0.05) is 24.9 Å². The Balaban J connectivity index is 1.92. The van der Waals surface area contributed by atoms with Crippen molar-refractivity contribution in [2.75, 3.05) is 6.54 Å². The Morgan fingerprint density at radius 3 is 2.64 bits per heavy atom. The zero-order valence-electron chi connectivity index (χ0n) is 13.9. The van der Waals surface area contributed by atoms with Crippen LogP contribution in [0.15, 0.2) is 12.4 Å². The highest BCUT2D eigenvalue weighted by molar-refractivity contribution is 5.79. The van der Waals surface area contributed by atoms with Gasteiger partial charge in [-0.05, 0) is 20.8 Å². The first-order valence-corrected chi connectivity index (χ1v) is 7.58. The van der Waals surface area contributed by atoms with E-state index in [1.807, 2.05) is 31.5 Å². The van der Waals surface area contributed by atoms with E-state index in [1.54, 1.807) is 10.9 Å². The molecule has 120 valence electrons. The number of hydrogen-bond donors (Lipinski definition) is 1. The summed E-state index contributed by atoms with van der Waals surface area (Å²) in [6.45, 7) is 10.9. The number of hydrogen-bond acceptors (Lipinski definition) is 4. The second-order valence-corrected chi connectivity index (χ2v) is 5.74. The van der Waals surface area contributed by atoms with Gasteiger partial charge in [0.05, 0.1) is 6.54 Å². The van der Waals surface area contributed by atoms with Crippen LogP contribution >= 0.6 is 0 Å². The van der Waals surface area contributed by atoms with Gasteiger partial charge in [0.15, 0.2) is 0 Å².